The number of hydrogen-bond donors (Lipinski definition) is 3. The molecule has 0 radical (unpaired) electrons. The summed E-state index contributed by atoms with van der Waals surface area (Å²) in [6.07, 6.45) is 5.51. The maximum absolute atomic E-state index is 13.2. The summed E-state index contributed by atoms with van der Waals surface area (Å²) in [6, 6.07) is 19.7. The van der Waals surface area contributed by atoms with E-state index in [-0.39, 0.29) is 36.2 Å². The zero-order valence-electron chi connectivity index (χ0n) is 34.3. The Bertz CT molecular complexity index is 2300. The van der Waals surface area contributed by atoms with Gasteiger partial charge in [0.2, 0.25) is 11.8 Å². The predicted octanol–water partition coefficient (Wildman–Crippen LogP) is 3.59. The van der Waals surface area contributed by atoms with Crippen LogP contribution in [0.2, 0.25) is 0 Å². The Morgan fingerprint density at radius 1 is 0.900 bits per heavy atom. The summed E-state index contributed by atoms with van der Waals surface area (Å²) in [6.45, 7) is 12.9. The lowest BCUT2D eigenvalue weighted by Gasteiger charge is -2.47. The first-order chi connectivity index (χ1) is 29.1. The van der Waals surface area contributed by atoms with E-state index >= 15 is 0 Å². The minimum Gasteiger partial charge on any atom is -0.369 e. The van der Waals surface area contributed by atoms with Gasteiger partial charge in [0.25, 0.3) is 5.91 Å². The molecule has 0 saturated carbocycles. The third-order valence-corrected chi connectivity index (χ3v) is 13.3. The zero-order chi connectivity index (χ0) is 41.5. The molecule has 0 bridgehead atoms. The number of anilines is 4. The summed E-state index contributed by atoms with van der Waals surface area (Å²) in [5, 5.41) is 27.6. The van der Waals surface area contributed by atoms with Crippen LogP contribution in [0.3, 0.4) is 0 Å². The Kier molecular flexibility index (Phi) is 11.0. The van der Waals surface area contributed by atoms with Crippen molar-refractivity contribution in [1.82, 2.24) is 30.0 Å². The summed E-state index contributed by atoms with van der Waals surface area (Å²) >= 11 is 0. The van der Waals surface area contributed by atoms with Crippen LogP contribution >= 0.6 is 0 Å². The first kappa shape index (κ1) is 39.6. The minimum atomic E-state index is -0.869. The number of nitriles is 1. The number of piperidine rings is 2. The van der Waals surface area contributed by atoms with Crippen LogP contribution in [0.1, 0.15) is 61.0 Å². The Labute approximate surface area is 350 Å². The molecule has 1 unspecified atom stereocenters. The third kappa shape index (κ3) is 7.82. The van der Waals surface area contributed by atoms with Crippen LogP contribution in [-0.2, 0) is 16.1 Å². The molecule has 2 aromatic heterocycles. The van der Waals surface area contributed by atoms with E-state index in [1.54, 1.807) is 11.1 Å². The fourth-order valence-corrected chi connectivity index (χ4v) is 9.87. The summed E-state index contributed by atoms with van der Waals surface area (Å²) < 4.78 is 0. The van der Waals surface area contributed by atoms with Crippen molar-refractivity contribution < 1.29 is 19.5 Å². The van der Waals surface area contributed by atoms with Gasteiger partial charge in [0, 0.05) is 112 Å². The molecule has 15 heteroatoms. The highest BCUT2D eigenvalue weighted by molar-refractivity contribution is 6.05. The third-order valence-electron chi connectivity index (χ3n) is 13.3. The number of fused-ring (bicyclic) bond motifs is 2. The monoisotopic (exact) mass is 811 g/mol. The molecular formula is C45H53N11O4. The SMILES string of the molecule is C[C@@H]1CN(c2ccc(C#N)c3ncccc23)[C@@H](C)CN1C(O)Nc1ccc(N2CCC(CN3CCN(c4ccc5c(c4)CN([C@H]4CCC(=O)NC4=O)C5=O)CC3)CC2)nc1. The molecule has 5 aliphatic rings. The van der Waals surface area contributed by atoms with E-state index in [9.17, 15) is 24.8 Å². The molecule has 4 saturated heterocycles. The highest BCUT2D eigenvalue weighted by atomic mass is 16.3. The second-order valence-electron chi connectivity index (χ2n) is 17.1. The van der Waals surface area contributed by atoms with Crippen LogP contribution < -0.4 is 25.3 Å². The lowest BCUT2D eigenvalue weighted by molar-refractivity contribution is -0.136. The number of benzene rings is 2. The average molecular weight is 812 g/mol. The van der Waals surface area contributed by atoms with Crippen molar-refractivity contribution in [1.29, 1.82) is 5.26 Å². The molecular weight excluding hydrogens is 759 g/mol. The Morgan fingerprint density at radius 2 is 1.72 bits per heavy atom. The second kappa shape index (κ2) is 16.7. The number of nitrogens with zero attached hydrogens (tertiary/aromatic N) is 9. The van der Waals surface area contributed by atoms with E-state index in [2.05, 4.69) is 66.1 Å². The largest absolute Gasteiger partial charge is 0.369 e. The highest BCUT2D eigenvalue weighted by Crippen LogP contribution is 2.34. The number of amides is 3. The van der Waals surface area contributed by atoms with Crippen LogP contribution in [0.5, 0.6) is 0 Å². The summed E-state index contributed by atoms with van der Waals surface area (Å²) in [5.74, 6) is 0.791. The van der Waals surface area contributed by atoms with Gasteiger partial charge >= 0.3 is 0 Å². The van der Waals surface area contributed by atoms with Crippen molar-refractivity contribution in [3.05, 3.63) is 83.7 Å². The van der Waals surface area contributed by atoms with Gasteiger partial charge in [0.1, 0.15) is 17.9 Å². The van der Waals surface area contributed by atoms with Crippen molar-refractivity contribution in [2.45, 2.75) is 70.6 Å². The highest BCUT2D eigenvalue weighted by Gasteiger charge is 2.39. The summed E-state index contributed by atoms with van der Waals surface area (Å²) in [5.41, 5.74) is 5.81. The number of imide groups is 1. The number of carbonyl (C=O) groups is 3. The lowest BCUT2D eigenvalue weighted by Crippen LogP contribution is -2.61. The van der Waals surface area contributed by atoms with Crippen LogP contribution in [0.25, 0.3) is 10.9 Å². The van der Waals surface area contributed by atoms with E-state index in [0.29, 0.717) is 48.6 Å². The number of aliphatic hydroxyl groups is 1. The fraction of sp³-hybridized carbons (Fsp3) is 0.467. The van der Waals surface area contributed by atoms with Crippen LogP contribution in [0.15, 0.2) is 67.0 Å². The average Bonchev–Trinajstić information content (AvgIpc) is 3.59. The Balaban J connectivity index is 0.721. The van der Waals surface area contributed by atoms with Gasteiger partial charge < -0.3 is 30.0 Å². The first-order valence-electron chi connectivity index (χ1n) is 21.3. The number of piperazine rings is 2. The minimum absolute atomic E-state index is 0.0582. The zero-order valence-corrected chi connectivity index (χ0v) is 34.3. The molecule has 4 aromatic rings. The fourth-order valence-electron chi connectivity index (χ4n) is 9.87. The van der Waals surface area contributed by atoms with Gasteiger partial charge in [-0.3, -0.25) is 34.5 Å². The quantitative estimate of drug-likeness (QED) is 0.166. The van der Waals surface area contributed by atoms with Crippen LogP contribution in [-0.4, -0.2) is 131 Å². The maximum atomic E-state index is 13.2. The van der Waals surface area contributed by atoms with Gasteiger partial charge in [-0.05, 0) is 99.2 Å². The molecule has 4 atom stereocenters. The number of aromatic nitrogens is 2. The molecule has 60 heavy (non-hydrogen) atoms. The topological polar surface area (TPSA) is 165 Å². The lowest BCUT2D eigenvalue weighted by atomic mass is 9.96. The van der Waals surface area contributed by atoms with E-state index in [0.717, 1.165) is 92.5 Å². The van der Waals surface area contributed by atoms with E-state index in [1.165, 1.54) is 0 Å². The molecule has 15 nitrogen and oxygen atoms in total. The number of rotatable bonds is 9. The maximum Gasteiger partial charge on any atom is 0.255 e. The molecule has 4 fully saturated rings. The molecule has 0 aliphatic carbocycles. The molecule has 5 aliphatic heterocycles. The van der Waals surface area contributed by atoms with Gasteiger partial charge in [-0.1, -0.05) is 0 Å². The number of hydrogen-bond acceptors (Lipinski definition) is 13. The molecule has 3 N–H and O–H groups in total. The summed E-state index contributed by atoms with van der Waals surface area (Å²) in [7, 11) is 0. The predicted molar refractivity (Wildman–Crippen MR) is 229 cm³/mol. The number of aliphatic hydroxyl groups excluding tert-OH is 1. The first-order valence-corrected chi connectivity index (χ1v) is 21.3. The summed E-state index contributed by atoms with van der Waals surface area (Å²) in [4.78, 5) is 59.9. The molecule has 312 valence electrons. The van der Waals surface area contributed by atoms with E-state index in [4.69, 9.17) is 4.98 Å². The number of carbonyl (C=O) groups excluding carboxylic acids is 3. The number of nitrogens with one attached hydrogen (secondary N) is 2. The van der Waals surface area contributed by atoms with Crippen molar-refractivity contribution >= 4 is 51.5 Å². The standard InChI is InChI=1S/C45H53N11O4/c1-29-26-55(30(2)25-54(29)38-9-5-32(23-46)42-37(38)4-3-15-47-42)45(60)49-34-6-11-40(48-24-34)53-16-13-31(14-17-53)27-51-18-20-52(21-19-51)35-7-8-36-33(22-35)28-56(44(36)59)39-10-12-41(57)50-43(39)58/h3-9,11,15,22,24,29-31,39,45,49,60H,10,12-14,16-21,25-28H2,1-2H3,(H,50,57,58)/t29-,30+,39-,45?/m0/s1. The second-order valence-corrected chi connectivity index (χ2v) is 17.1. The van der Waals surface area contributed by atoms with Gasteiger partial charge in [-0.2, -0.15) is 5.26 Å². The molecule has 7 heterocycles. The normalized spacial score (nSPS) is 23.8. The Hall–Kier alpha value is -5.82. The van der Waals surface area contributed by atoms with Crippen molar-refractivity contribution in [3.8, 4) is 6.07 Å². The van der Waals surface area contributed by atoms with Crippen molar-refractivity contribution in [3.63, 3.8) is 0 Å². The van der Waals surface area contributed by atoms with Gasteiger partial charge in [0.05, 0.1) is 23.0 Å². The molecule has 2 aromatic carbocycles. The number of pyridine rings is 2. The smallest absolute Gasteiger partial charge is 0.255 e. The van der Waals surface area contributed by atoms with E-state index < -0.39 is 12.4 Å². The van der Waals surface area contributed by atoms with Gasteiger partial charge in [0.15, 0.2) is 6.35 Å². The van der Waals surface area contributed by atoms with Gasteiger partial charge in [-0.15, -0.1) is 0 Å². The van der Waals surface area contributed by atoms with Crippen LogP contribution in [0.4, 0.5) is 22.9 Å². The van der Waals surface area contributed by atoms with E-state index in [1.807, 2.05) is 54.7 Å². The molecule has 3 amide bonds. The van der Waals surface area contributed by atoms with Gasteiger partial charge in [-0.25, -0.2) is 4.98 Å². The Morgan fingerprint density at radius 3 is 2.47 bits per heavy atom. The van der Waals surface area contributed by atoms with Crippen LogP contribution in [0, 0.1) is 17.2 Å². The molecule has 9 rings (SSSR count). The molecule has 0 spiro atoms. The van der Waals surface area contributed by atoms with Crippen molar-refractivity contribution in [2.24, 2.45) is 5.92 Å². The van der Waals surface area contributed by atoms with Crippen molar-refractivity contribution in [2.75, 3.05) is 78.9 Å².